The Morgan fingerprint density at radius 1 is 1.05 bits per heavy atom. The summed E-state index contributed by atoms with van der Waals surface area (Å²) in [5, 5.41) is 9.89. The molecule has 0 fully saturated rings. The summed E-state index contributed by atoms with van der Waals surface area (Å²) >= 11 is 0. The number of nitrogens with zero attached hydrogens (tertiary/aromatic N) is 2. The number of aliphatic imine (C=N–C) groups is 1. The summed E-state index contributed by atoms with van der Waals surface area (Å²) in [5.41, 5.74) is 3.59. The van der Waals surface area contributed by atoms with Crippen molar-refractivity contribution in [2.45, 2.75) is 6.92 Å². The van der Waals surface area contributed by atoms with E-state index in [1.165, 1.54) is 0 Å². The Morgan fingerprint density at radius 3 is 2.37 bits per heavy atom. The SMILES string of the molecule is Cc1cccc(C=Nc2ccc(N(C)C)cc2)c1O. The minimum Gasteiger partial charge on any atom is -0.507 e. The van der Waals surface area contributed by atoms with Crippen molar-refractivity contribution in [3.8, 4) is 5.75 Å². The Kier molecular flexibility index (Phi) is 3.85. The second-order valence-electron chi connectivity index (χ2n) is 4.68. The highest BCUT2D eigenvalue weighted by molar-refractivity contribution is 5.86. The molecular formula is C16H18N2O. The van der Waals surface area contributed by atoms with Crippen LogP contribution in [0, 0.1) is 6.92 Å². The summed E-state index contributed by atoms with van der Waals surface area (Å²) in [6.07, 6.45) is 1.69. The van der Waals surface area contributed by atoms with Gasteiger partial charge in [0.2, 0.25) is 0 Å². The van der Waals surface area contributed by atoms with Crippen LogP contribution in [-0.2, 0) is 0 Å². The molecule has 0 spiro atoms. The van der Waals surface area contributed by atoms with Crippen molar-refractivity contribution >= 4 is 17.6 Å². The molecule has 0 amide bonds. The number of rotatable bonds is 3. The van der Waals surface area contributed by atoms with E-state index >= 15 is 0 Å². The average molecular weight is 254 g/mol. The predicted octanol–water partition coefficient (Wildman–Crippen LogP) is 3.52. The molecule has 0 atom stereocenters. The summed E-state index contributed by atoms with van der Waals surface area (Å²) in [4.78, 5) is 6.42. The lowest BCUT2D eigenvalue weighted by atomic mass is 10.1. The largest absolute Gasteiger partial charge is 0.507 e. The van der Waals surface area contributed by atoms with Crippen molar-refractivity contribution in [2.75, 3.05) is 19.0 Å². The van der Waals surface area contributed by atoms with Crippen LogP contribution in [-0.4, -0.2) is 25.4 Å². The van der Waals surface area contributed by atoms with Crippen LogP contribution in [0.4, 0.5) is 11.4 Å². The molecule has 0 aliphatic heterocycles. The van der Waals surface area contributed by atoms with Crippen LogP contribution in [0.5, 0.6) is 5.75 Å². The summed E-state index contributed by atoms with van der Waals surface area (Å²) in [7, 11) is 4.01. The van der Waals surface area contributed by atoms with Crippen molar-refractivity contribution in [3.63, 3.8) is 0 Å². The van der Waals surface area contributed by atoms with Crippen molar-refractivity contribution in [3.05, 3.63) is 53.6 Å². The molecule has 0 saturated carbocycles. The molecule has 0 bridgehead atoms. The topological polar surface area (TPSA) is 35.8 Å². The van der Waals surface area contributed by atoms with Crippen LogP contribution < -0.4 is 4.90 Å². The average Bonchev–Trinajstić information content (AvgIpc) is 2.41. The zero-order valence-corrected chi connectivity index (χ0v) is 11.5. The molecule has 0 heterocycles. The molecule has 0 radical (unpaired) electrons. The van der Waals surface area contributed by atoms with Gasteiger partial charge in [-0.1, -0.05) is 12.1 Å². The van der Waals surface area contributed by atoms with E-state index in [9.17, 15) is 5.11 Å². The van der Waals surface area contributed by atoms with Crippen molar-refractivity contribution in [1.82, 2.24) is 0 Å². The van der Waals surface area contributed by atoms with Crippen LogP contribution in [0.25, 0.3) is 0 Å². The Labute approximate surface area is 113 Å². The number of anilines is 1. The zero-order chi connectivity index (χ0) is 13.8. The minimum atomic E-state index is 0.288. The number of aromatic hydroxyl groups is 1. The van der Waals surface area contributed by atoms with Gasteiger partial charge in [-0.05, 0) is 42.8 Å². The number of hydrogen-bond donors (Lipinski definition) is 1. The molecule has 0 aliphatic rings. The van der Waals surface area contributed by atoms with Crippen molar-refractivity contribution in [2.24, 2.45) is 4.99 Å². The lowest BCUT2D eigenvalue weighted by Gasteiger charge is -2.11. The maximum Gasteiger partial charge on any atom is 0.127 e. The molecule has 2 aromatic rings. The van der Waals surface area contributed by atoms with Crippen molar-refractivity contribution in [1.29, 1.82) is 0 Å². The molecule has 98 valence electrons. The highest BCUT2D eigenvalue weighted by Crippen LogP contribution is 2.22. The first-order chi connectivity index (χ1) is 9.08. The lowest BCUT2D eigenvalue weighted by molar-refractivity contribution is 0.470. The Morgan fingerprint density at radius 2 is 1.74 bits per heavy atom. The van der Waals surface area contributed by atoms with Gasteiger partial charge in [-0.25, -0.2) is 0 Å². The van der Waals surface area contributed by atoms with Gasteiger partial charge in [-0.2, -0.15) is 0 Å². The third-order valence-electron chi connectivity index (χ3n) is 2.99. The van der Waals surface area contributed by atoms with Crippen LogP contribution in [0.1, 0.15) is 11.1 Å². The standard InChI is InChI=1S/C16H18N2O/c1-12-5-4-6-13(16(12)19)11-17-14-7-9-15(10-8-14)18(2)3/h4-11,19H,1-3H3. The third kappa shape index (κ3) is 3.13. The van der Waals surface area contributed by atoms with Crippen molar-refractivity contribution < 1.29 is 5.11 Å². The minimum absolute atomic E-state index is 0.288. The molecule has 0 unspecified atom stereocenters. The van der Waals surface area contributed by atoms with E-state index in [2.05, 4.69) is 4.99 Å². The molecule has 2 aromatic carbocycles. The summed E-state index contributed by atoms with van der Waals surface area (Å²) in [6, 6.07) is 13.6. The fourth-order valence-corrected chi connectivity index (χ4v) is 1.77. The lowest BCUT2D eigenvalue weighted by Crippen LogP contribution is -2.07. The predicted molar refractivity (Wildman–Crippen MR) is 80.9 cm³/mol. The normalized spacial score (nSPS) is 10.9. The van der Waals surface area contributed by atoms with Gasteiger partial charge in [-0.15, -0.1) is 0 Å². The smallest absolute Gasteiger partial charge is 0.127 e. The second kappa shape index (κ2) is 5.57. The molecule has 0 aromatic heterocycles. The molecular weight excluding hydrogens is 236 g/mol. The van der Waals surface area contributed by atoms with Gasteiger partial charge in [0.15, 0.2) is 0 Å². The first-order valence-electron chi connectivity index (χ1n) is 6.18. The molecule has 2 rings (SSSR count). The van der Waals surface area contributed by atoms with Gasteiger partial charge in [0.25, 0.3) is 0 Å². The third-order valence-corrected chi connectivity index (χ3v) is 2.99. The van der Waals surface area contributed by atoms with E-state index in [0.29, 0.717) is 0 Å². The highest BCUT2D eigenvalue weighted by Gasteiger charge is 2.00. The van der Waals surface area contributed by atoms with Gasteiger partial charge >= 0.3 is 0 Å². The fourth-order valence-electron chi connectivity index (χ4n) is 1.77. The monoisotopic (exact) mass is 254 g/mol. The van der Waals surface area contributed by atoms with E-state index in [1.807, 2.05) is 68.4 Å². The second-order valence-corrected chi connectivity index (χ2v) is 4.68. The van der Waals surface area contributed by atoms with Crippen LogP contribution in [0.2, 0.25) is 0 Å². The van der Waals surface area contributed by atoms with Gasteiger partial charge in [-0.3, -0.25) is 4.99 Å². The maximum absolute atomic E-state index is 9.89. The highest BCUT2D eigenvalue weighted by atomic mass is 16.3. The van der Waals surface area contributed by atoms with E-state index in [0.717, 1.165) is 22.5 Å². The van der Waals surface area contributed by atoms with Crippen LogP contribution >= 0.6 is 0 Å². The van der Waals surface area contributed by atoms with E-state index in [1.54, 1.807) is 6.21 Å². The summed E-state index contributed by atoms with van der Waals surface area (Å²) < 4.78 is 0. The number of phenols is 1. The van der Waals surface area contributed by atoms with E-state index in [4.69, 9.17) is 0 Å². The molecule has 3 nitrogen and oxygen atoms in total. The fraction of sp³-hybridized carbons (Fsp3) is 0.188. The summed E-state index contributed by atoms with van der Waals surface area (Å²) in [5.74, 6) is 0.288. The number of para-hydroxylation sites is 1. The Hall–Kier alpha value is -2.29. The summed E-state index contributed by atoms with van der Waals surface area (Å²) in [6.45, 7) is 1.87. The Balaban J connectivity index is 2.20. The molecule has 19 heavy (non-hydrogen) atoms. The quantitative estimate of drug-likeness (QED) is 0.851. The Bertz CT molecular complexity index is 586. The molecule has 0 saturated heterocycles. The van der Waals surface area contributed by atoms with E-state index in [-0.39, 0.29) is 5.75 Å². The van der Waals surface area contributed by atoms with Crippen LogP contribution in [0.3, 0.4) is 0 Å². The number of phenolic OH excluding ortho intramolecular Hbond substituents is 1. The van der Waals surface area contributed by atoms with Gasteiger partial charge < -0.3 is 10.0 Å². The zero-order valence-electron chi connectivity index (χ0n) is 11.5. The molecule has 1 N–H and O–H groups in total. The molecule has 0 aliphatic carbocycles. The molecule has 3 heteroatoms. The number of aryl methyl sites for hydroxylation is 1. The van der Waals surface area contributed by atoms with Crippen LogP contribution in [0.15, 0.2) is 47.5 Å². The first kappa shape index (κ1) is 13.1. The maximum atomic E-state index is 9.89. The first-order valence-corrected chi connectivity index (χ1v) is 6.18. The van der Waals surface area contributed by atoms with Gasteiger partial charge in [0, 0.05) is 31.6 Å². The van der Waals surface area contributed by atoms with Gasteiger partial charge in [0.05, 0.1) is 5.69 Å². The van der Waals surface area contributed by atoms with Gasteiger partial charge in [0.1, 0.15) is 5.75 Å². The number of benzene rings is 2. The van der Waals surface area contributed by atoms with E-state index < -0.39 is 0 Å². The number of hydrogen-bond acceptors (Lipinski definition) is 3.